The van der Waals surface area contributed by atoms with E-state index in [4.69, 9.17) is 9.47 Å². The molecule has 2 aromatic rings. The quantitative estimate of drug-likeness (QED) is 0.525. The maximum atomic E-state index is 10.2. The molecular formula is C21H24O5. The lowest BCUT2D eigenvalue weighted by Crippen LogP contribution is -1.90. The van der Waals surface area contributed by atoms with Crippen molar-refractivity contribution in [3.63, 3.8) is 0 Å². The van der Waals surface area contributed by atoms with Crippen molar-refractivity contribution in [3.8, 4) is 28.7 Å². The van der Waals surface area contributed by atoms with Crippen LogP contribution in [0, 0.1) is 0 Å². The lowest BCUT2D eigenvalue weighted by Gasteiger charge is -2.10. The molecule has 0 saturated carbocycles. The smallest absolute Gasteiger partial charge is 0.200 e. The van der Waals surface area contributed by atoms with E-state index in [1.54, 1.807) is 36.4 Å². The van der Waals surface area contributed by atoms with E-state index in [9.17, 15) is 15.3 Å². The average Bonchev–Trinajstić information content (AvgIpc) is 2.59. The van der Waals surface area contributed by atoms with Gasteiger partial charge in [0.1, 0.15) is 11.5 Å². The molecule has 0 heterocycles. The molecule has 0 aliphatic rings. The van der Waals surface area contributed by atoms with Crippen LogP contribution in [0.2, 0.25) is 0 Å². The Hall–Kier alpha value is -3.08. The molecular weight excluding hydrogens is 332 g/mol. The Morgan fingerprint density at radius 1 is 0.846 bits per heavy atom. The van der Waals surface area contributed by atoms with Gasteiger partial charge in [0, 0.05) is 5.56 Å². The zero-order valence-electron chi connectivity index (χ0n) is 15.4. The highest BCUT2D eigenvalue weighted by Crippen LogP contribution is 2.38. The molecule has 0 bridgehead atoms. The molecule has 0 aliphatic heterocycles. The predicted octanol–water partition coefficient (Wildman–Crippen LogP) is 4.50. The molecule has 0 unspecified atom stereocenters. The van der Waals surface area contributed by atoms with Gasteiger partial charge >= 0.3 is 0 Å². The van der Waals surface area contributed by atoms with Gasteiger partial charge in [-0.1, -0.05) is 23.8 Å². The first-order valence-corrected chi connectivity index (χ1v) is 8.17. The van der Waals surface area contributed by atoms with Crippen LogP contribution in [0.3, 0.4) is 0 Å². The number of hydrogen-bond donors (Lipinski definition) is 3. The van der Waals surface area contributed by atoms with Crippen molar-refractivity contribution >= 4 is 12.2 Å². The Morgan fingerprint density at radius 2 is 1.31 bits per heavy atom. The molecule has 0 aliphatic carbocycles. The molecule has 0 fully saturated rings. The second-order valence-corrected chi connectivity index (χ2v) is 6.13. The third kappa shape index (κ3) is 4.51. The standard InChI is InChI=1S/C21H24O5/c1-13(2)5-8-16-17(22)9-14(10-18(16)23)6-7-15-11-19(25-3)21(24)20(12-15)26-4/h5-7,9-12,22-24H,8H2,1-4H3. The molecule has 138 valence electrons. The maximum absolute atomic E-state index is 10.2. The molecule has 0 atom stereocenters. The van der Waals surface area contributed by atoms with Crippen molar-refractivity contribution in [2.45, 2.75) is 20.3 Å². The number of allylic oxidation sites excluding steroid dienone is 2. The molecule has 0 saturated heterocycles. The number of rotatable bonds is 6. The van der Waals surface area contributed by atoms with Crippen LogP contribution in [0.5, 0.6) is 28.7 Å². The van der Waals surface area contributed by atoms with Gasteiger partial charge in [0.25, 0.3) is 0 Å². The summed E-state index contributed by atoms with van der Waals surface area (Å²) in [6, 6.07) is 6.52. The van der Waals surface area contributed by atoms with E-state index >= 15 is 0 Å². The minimum Gasteiger partial charge on any atom is -0.507 e. The number of ether oxygens (including phenoxy) is 2. The summed E-state index contributed by atoms with van der Waals surface area (Å²) in [7, 11) is 2.92. The fraction of sp³-hybridized carbons (Fsp3) is 0.238. The first-order chi connectivity index (χ1) is 12.3. The van der Waals surface area contributed by atoms with Gasteiger partial charge in [0.15, 0.2) is 11.5 Å². The summed E-state index contributed by atoms with van der Waals surface area (Å²) >= 11 is 0. The summed E-state index contributed by atoms with van der Waals surface area (Å²) in [5.41, 5.74) is 3.00. The molecule has 5 heteroatoms. The number of methoxy groups -OCH3 is 2. The molecule has 2 aromatic carbocycles. The molecule has 3 N–H and O–H groups in total. The molecule has 0 aromatic heterocycles. The molecule has 0 spiro atoms. The fourth-order valence-corrected chi connectivity index (χ4v) is 2.48. The Kier molecular flexibility index (Phi) is 6.17. The Labute approximate surface area is 153 Å². The van der Waals surface area contributed by atoms with Crippen LogP contribution in [0.15, 0.2) is 35.9 Å². The second-order valence-electron chi connectivity index (χ2n) is 6.13. The summed E-state index contributed by atoms with van der Waals surface area (Å²) in [6.45, 7) is 3.93. The Bertz CT molecular complexity index is 797. The monoisotopic (exact) mass is 356 g/mol. The zero-order valence-corrected chi connectivity index (χ0v) is 15.4. The Balaban J connectivity index is 2.32. The van der Waals surface area contributed by atoms with Crippen LogP contribution in [-0.2, 0) is 6.42 Å². The zero-order chi connectivity index (χ0) is 19.3. The fourth-order valence-electron chi connectivity index (χ4n) is 2.48. The minimum atomic E-state index is -0.0638. The van der Waals surface area contributed by atoms with Gasteiger partial charge < -0.3 is 24.8 Å². The summed E-state index contributed by atoms with van der Waals surface area (Å²) in [5, 5.41) is 30.3. The average molecular weight is 356 g/mol. The van der Waals surface area contributed by atoms with Gasteiger partial charge in [-0.3, -0.25) is 0 Å². The van der Waals surface area contributed by atoms with Gasteiger partial charge in [-0.2, -0.15) is 0 Å². The van der Waals surface area contributed by atoms with Gasteiger partial charge in [-0.15, -0.1) is 0 Å². The van der Waals surface area contributed by atoms with E-state index in [0.29, 0.717) is 29.0 Å². The van der Waals surface area contributed by atoms with Crippen molar-refractivity contribution in [3.05, 3.63) is 52.6 Å². The summed E-state index contributed by atoms with van der Waals surface area (Å²) < 4.78 is 10.3. The van der Waals surface area contributed by atoms with E-state index in [0.717, 1.165) is 11.1 Å². The Morgan fingerprint density at radius 3 is 1.73 bits per heavy atom. The number of phenols is 3. The number of hydrogen-bond acceptors (Lipinski definition) is 5. The van der Waals surface area contributed by atoms with E-state index < -0.39 is 0 Å². The van der Waals surface area contributed by atoms with Crippen LogP contribution >= 0.6 is 0 Å². The molecule has 2 rings (SSSR count). The third-order valence-electron chi connectivity index (χ3n) is 3.91. The van der Waals surface area contributed by atoms with Crippen LogP contribution in [0.1, 0.15) is 30.5 Å². The first-order valence-electron chi connectivity index (χ1n) is 8.17. The normalized spacial score (nSPS) is 10.8. The van der Waals surface area contributed by atoms with E-state index in [1.807, 2.05) is 19.9 Å². The van der Waals surface area contributed by atoms with Crippen molar-refractivity contribution < 1.29 is 24.8 Å². The largest absolute Gasteiger partial charge is 0.507 e. The van der Waals surface area contributed by atoms with E-state index in [1.165, 1.54) is 14.2 Å². The lowest BCUT2D eigenvalue weighted by atomic mass is 10.0. The van der Waals surface area contributed by atoms with Gasteiger partial charge in [0.05, 0.1) is 14.2 Å². The molecule has 0 radical (unpaired) electrons. The highest BCUT2D eigenvalue weighted by atomic mass is 16.5. The first kappa shape index (κ1) is 19.2. The lowest BCUT2D eigenvalue weighted by molar-refractivity contribution is 0.340. The van der Waals surface area contributed by atoms with Crippen LogP contribution in [0.4, 0.5) is 0 Å². The topological polar surface area (TPSA) is 79.2 Å². The minimum absolute atomic E-state index is 0.0445. The summed E-state index contributed by atoms with van der Waals surface area (Å²) in [6.07, 6.45) is 5.93. The highest BCUT2D eigenvalue weighted by molar-refractivity contribution is 5.74. The number of aromatic hydroxyl groups is 3. The van der Waals surface area contributed by atoms with Crippen LogP contribution in [-0.4, -0.2) is 29.5 Å². The van der Waals surface area contributed by atoms with Gasteiger partial charge in [-0.05, 0) is 55.7 Å². The van der Waals surface area contributed by atoms with E-state index in [2.05, 4.69) is 0 Å². The van der Waals surface area contributed by atoms with Crippen molar-refractivity contribution in [2.24, 2.45) is 0 Å². The second kappa shape index (κ2) is 8.34. The molecule has 5 nitrogen and oxygen atoms in total. The van der Waals surface area contributed by atoms with Crippen molar-refractivity contribution in [1.29, 1.82) is 0 Å². The van der Waals surface area contributed by atoms with Gasteiger partial charge in [0.2, 0.25) is 5.75 Å². The number of phenolic OH excluding ortho intramolecular Hbond substituents is 3. The highest BCUT2D eigenvalue weighted by Gasteiger charge is 2.11. The molecule has 26 heavy (non-hydrogen) atoms. The summed E-state index contributed by atoms with van der Waals surface area (Å²) in [4.78, 5) is 0. The van der Waals surface area contributed by atoms with Crippen LogP contribution in [0.25, 0.3) is 12.2 Å². The third-order valence-corrected chi connectivity index (χ3v) is 3.91. The van der Waals surface area contributed by atoms with Crippen molar-refractivity contribution in [1.82, 2.24) is 0 Å². The van der Waals surface area contributed by atoms with Crippen molar-refractivity contribution in [2.75, 3.05) is 14.2 Å². The summed E-state index contributed by atoms with van der Waals surface area (Å²) in [5.74, 6) is 0.621. The SMILES string of the molecule is COc1cc(C=Cc2cc(O)c(CC=C(C)C)c(O)c2)cc(OC)c1O. The maximum Gasteiger partial charge on any atom is 0.200 e. The molecule has 0 amide bonds. The predicted molar refractivity (Wildman–Crippen MR) is 103 cm³/mol. The van der Waals surface area contributed by atoms with Crippen LogP contribution < -0.4 is 9.47 Å². The number of benzene rings is 2. The van der Waals surface area contributed by atoms with E-state index in [-0.39, 0.29) is 17.2 Å². The van der Waals surface area contributed by atoms with Gasteiger partial charge in [-0.25, -0.2) is 0 Å².